The van der Waals surface area contributed by atoms with Crippen LogP contribution >= 0.6 is 0 Å². The van der Waals surface area contributed by atoms with Gasteiger partial charge >= 0.3 is 23.9 Å². The van der Waals surface area contributed by atoms with Crippen molar-refractivity contribution in [3.8, 4) is 23.0 Å². The van der Waals surface area contributed by atoms with Gasteiger partial charge in [-0.1, -0.05) is 25.3 Å². The van der Waals surface area contributed by atoms with Crippen molar-refractivity contribution in [2.45, 2.75) is 52.9 Å². The zero-order valence-electron chi connectivity index (χ0n) is 28.9. The zero-order chi connectivity index (χ0) is 36.3. The minimum atomic E-state index is -0.564. The molecule has 0 bridgehead atoms. The summed E-state index contributed by atoms with van der Waals surface area (Å²) < 4.78 is 32.5. The molecular weight excluding hydrogens is 640 g/mol. The first-order valence-electron chi connectivity index (χ1n) is 16.4. The summed E-state index contributed by atoms with van der Waals surface area (Å²) in [6.45, 7) is 13.6. The minimum Gasteiger partial charge on any atom is -0.494 e. The average Bonchev–Trinajstić information content (AvgIpc) is 3.10. The number of esters is 4. The third-order valence-electron chi connectivity index (χ3n) is 6.98. The van der Waals surface area contributed by atoms with E-state index in [1.54, 1.807) is 93.6 Å². The van der Waals surface area contributed by atoms with Crippen molar-refractivity contribution >= 4 is 30.0 Å². The predicted molar refractivity (Wildman–Crippen MR) is 189 cm³/mol. The van der Waals surface area contributed by atoms with E-state index in [4.69, 9.17) is 28.4 Å². The molecule has 3 aromatic rings. The van der Waals surface area contributed by atoms with Crippen molar-refractivity contribution < 1.29 is 47.6 Å². The first-order valence-corrected chi connectivity index (χ1v) is 16.4. The Morgan fingerprint density at radius 1 is 0.620 bits per heavy atom. The Bertz CT molecular complexity index is 1650. The molecule has 0 saturated heterocycles. The summed E-state index contributed by atoms with van der Waals surface area (Å²) >= 11 is 0. The maximum absolute atomic E-state index is 12.7. The molecule has 10 nitrogen and oxygen atoms in total. The summed E-state index contributed by atoms with van der Waals surface area (Å²) in [5, 5.41) is 0. The summed E-state index contributed by atoms with van der Waals surface area (Å²) in [4.78, 5) is 47.9. The van der Waals surface area contributed by atoms with Crippen LogP contribution in [0.4, 0.5) is 0 Å². The molecule has 0 saturated carbocycles. The Morgan fingerprint density at radius 3 is 1.72 bits per heavy atom. The summed E-state index contributed by atoms with van der Waals surface area (Å²) in [5.41, 5.74) is 2.51. The second-order valence-electron chi connectivity index (χ2n) is 11.5. The highest BCUT2D eigenvalue weighted by Gasteiger charge is 2.12. The molecule has 10 heteroatoms. The Labute approximate surface area is 293 Å². The van der Waals surface area contributed by atoms with Gasteiger partial charge in [0.2, 0.25) is 0 Å². The van der Waals surface area contributed by atoms with E-state index in [1.165, 1.54) is 6.08 Å². The van der Waals surface area contributed by atoms with Crippen LogP contribution < -0.4 is 18.9 Å². The van der Waals surface area contributed by atoms with Crippen molar-refractivity contribution in [2.75, 3.05) is 26.4 Å². The Kier molecular flexibility index (Phi) is 16.0. The van der Waals surface area contributed by atoms with E-state index in [0.29, 0.717) is 71.5 Å². The van der Waals surface area contributed by atoms with E-state index in [1.807, 2.05) is 0 Å². The molecule has 0 aliphatic rings. The molecule has 0 aromatic heterocycles. The van der Waals surface area contributed by atoms with Gasteiger partial charge in [-0.05, 0) is 118 Å². The lowest BCUT2D eigenvalue weighted by atomic mass is 10.2. The molecule has 0 unspecified atom stereocenters. The largest absolute Gasteiger partial charge is 0.494 e. The molecule has 0 amide bonds. The van der Waals surface area contributed by atoms with E-state index in [-0.39, 0.29) is 12.6 Å². The van der Waals surface area contributed by atoms with Gasteiger partial charge in [0.1, 0.15) is 23.0 Å². The molecule has 0 spiro atoms. The number of ether oxygens (including phenoxy) is 6. The topological polar surface area (TPSA) is 124 Å². The average molecular weight is 685 g/mol. The fourth-order valence-corrected chi connectivity index (χ4v) is 4.21. The molecular formula is C40H44O10. The van der Waals surface area contributed by atoms with Gasteiger partial charge in [0.15, 0.2) is 0 Å². The number of benzene rings is 3. The second-order valence-corrected chi connectivity index (χ2v) is 11.5. The van der Waals surface area contributed by atoms with Gasteiger partial charge in [-0.15, -0.1) is 0 Å². The first-order chi connectivity index (χ1) is 24.0. The van der Waals surface area contributed by atoms with Crippen LogP contribution in [-0.2, 0) is 23.9 Å². The third kappa shape index (κ3) is 14.2. The first kappa shape index (κ1) is 38.8. The smallest absolute Gasteiger partial charge is 0.343 e. The number of aryl methyl sites for hydroxylation is 1. The Balaban J connectivity index is 1.36. The van der Waals surface area contributed by atoms with E-state index in [0.717, 1.165) is 31.2 Å². The van der Waals surface area contributed by atoms with Crippen molar-refractivity contribution in [2.24, 2.45) is 0 Å². The standard InChI is InChI=1S/C40H44O10/c1-28(2)38(42)47-24-9-7-6-8-23-45-34-18-14-32(15-19-34)40(44)49-35-20-21-36(30(5)27-35)50-37(41)22-13-31-11-16-33(17-12-31)46-25-10-26-48-39(43)29(3)4/h11-22,27H,1,3,6-10,23-26H2,2,4-5H3/b22-13+. The van der Waals surface area contributed by atoms with Crippen molar-refractivity contribution in [1.82, 2.24) is 0 Å². The number of unbranched alkanes of at least 4 members (excludes halogenated alkanes) is 3. The molecule has 0 aliphatic carbocycles. The van der Waals surface area contributed by atoms with E-state index in [9.17, 15) is 19.2 Å². The van der Waals surface area contributed by atoms with Gasteiger partial charge in [0.05, 0.1) is 32.0 Å². The van der Waals surface area contributed by atoms with Crippen molar-refractivity contribution in [1.29, 1.82) is 0 Å². The van der Waals surface area contributed by atoms with Gasteiger partial charge < -0.3 is 28.4 Å². The number of rotatable bonds is 20. The summed E-state index contributed by atoms with van der Waals surface area (Å²) in [5.74, 6) is 0.0679. The lowest BCUT2D eigenvalue weighted by Crippen LogP contribution is -2.09. The number of hydrogen-bond donors (Lipinski definition) is 0. The normalized spacial score (nSPS) is 10.6. The van der Waals surface area contributed by atoms with Gasteiger partial charge in [0.25, 0.3) is 0 Å². The fourth-order valence-electron chi connectivity index (χ4n) is 4.21. The van der Waals surface area contributed by atoms with Gasteiger partial charge in [-0.2, -0.15) is 0 Å². The fraction of sp³-hybridized carbons (Fsp3) is 0.300. The molecule has 0 atom stereocenters. The number of hydrogen-bond acceptors (Lipinski definition) is 10. The molecule has 3 rings (SSSR count). The summed E-state index contributed by atoms with van der Waals surface area (Å²) in [6.07, 6.45) is 6.99. The predicted octanol–water partition coefficient (Wildman–Crippen LogP) is 7.78. The molecule has 0 aliphatic heterocycles. The highest BCUT2D eigenvalue weighted by Crippen LogP contribution is 2.25. The monoisotopic (exact) mass is 684 g/mol. The van der Waals surface area contributed by atoms with Crippen LogP contribution in [0.2, 0.25) is 0 Å². The maximum atomic E-state index is 12.7. The quantitative estimate of drug-likeness (QED) is 0.0504. The van der Waals surface area contributed by atoms with Crippen LogP contribution in [0.5, 0.6) is 23.0 Å². The van der Waals surface area contributed by atoms with Crippen LogP contribution in [0.25, 0.3) is 6.08 Å². The Hall–Kier alpha value is -5.64. The highest BCUT2D eigenvalue weighted by molar-refractivity contribution is 5.91. The number of carbonyl (C=O) groups is 4. The van der Waals surface area contributed by atoms with Crippen LogP contribution in [0, 0.1) is 6.92 Å². The van der Waals surface area contributed by atoms with Gasteiger partial charge in [0, 0.05) is 23.6 Å². The highest BCUT2D eigenvalue weighted by atomic mass is 16.5. The van der Waals surface area contributed by atoms with Crippen LogP contribution in [0.1, 0.15) is 67.4 Å². The molecule has 0 fully saturated rings. The van der Waals surface area contributed by atoms with Crippen LogP contribution in [-0.4, -0.2) is 50.3 Å². The molecule has 3 aromatic carbocycles. The molecule has 0 radical (unpaired) electrons. The molecule has 0 heterocycles. The number of carbonyl (C=O) groups excluding carboxylic acids is 4. The van der Waals surface area contributed by atoms with Crippen LogP contribution in [0.3, 0.4) is 0 Å². The molecule has 50 heavy (non-hydrogen) atoms. The Morgan fingerprint density at radius 2 is 1.14 bits per heavy atom. The lowest BCUT2D eigenvalue weighted by molar-refractivity contribution is -0.140. The maximum Gasteiger partial charge on any atom is 0.343 e. The lowest BCUT2D eigenvalue weighted by Gasteiger charge is -2.10. The summed E-state index contributed by atoms with van der Waals surface area (Å²) in [7, 11) is 0. The third-order valence-corrected chi connectivity index (χ3v) is 6.98. The van der Waals surface area contributed by atoms with Crippen LogP contribution in [0.15, 0.2) is 97.1 Å². The van der Waals surface area contributed by atoms with E-state index in [2.05, 4.69) is 13.2 Å². The zero-order valence-corrected chi connectivity index (χ0v) is 28.9. The van der Waals surface area contributed by atoms with Crippen molar-refractivity contribution in [3.05, 3.63) is 114 Å². The second kappa shape index (κ2) is 20.7. The SMILES string of the molecule is C=C(C)C(=O)OCCCCCCOc1ccc(C(=O)Oc2ccc(OC(=O)/C=C/c3ccc(OCCCOC(=O)C(=C)C)cc3)c(C)c2)cc1. The van der Waals surface area contributed by atoms with Gasteiger partial charge in [-0.25, -0.2) is 19.2 Å². The van der Waals surface area contributed by atoms with E-state index >= 15 is 0 Å². The van der Waals surface area contributed by atoms with Gasteiger partial charge in [-0.3, -0.25) is 0 Å². The minimum absolute atomic E-state index is 0.247. The summed E-state index contributed by atoms with van der Waals surface area (Å²) in [6, 6.07) is 18.6. The molecule has 264 valence electrons. The van der Waals surface area contributed by atoms with E-state index < -0.39 is 17.9 Å². The van der Waals surface area contributed by atoms with Crippen molar-refractivity contribution in [3.63, 3.8) is 0 Å². The molecule has 0 N–H and O–H groups in total.